The van der Waals surface area contributed by atoms with Crippen molar-refractivity contribution in [3.8, 4) is 0 Å². The lowest BCUT2D eigenvalue weighted by atomic mass is 9.99. The van der Waals surface area contributed by atoms with E-state index in [0.29, 0.717) is 35.8 Å². The number of carbonyl (C=O) groups is 1. The molecule has 11 heteroatoms. The van der Waals surface area contributed by atoms with Crippen molar-refractivity contribution in [1.29, 1.82) is 0 Å². The number of hydrogen-bond donors (Lipinski definition) is 1. The Kier molecular flexibility index (Phi) is 4.53. The number of aromatic nitrogens is 6. The molecule has 0 saturated carbocycles. The van der Waals surface area contributed by atoms with Crippen LogP contribution in [-0.2, 0) is 6.42 Å². The number of alkyl halides is 2. The zero-order valence-corrected chi connectivity index (χ0v) is 16.8. The van der Waals surface area contributed by atoms with E-state index in [4.69, 9.17) is 4.42 Å². The second kappa shape index (κ2) is 7.25. The van der Waals surface area contributed by atoms with Crippen LogP contribution in [0.3, 0.4) is 0 Å². The average molecular weight is 427 g/mol. The molecule has 160 valence electrons. The SMILES string of the molecule is CC(C)c1nnc(C(=O)N2CCc3[nH]cnc3[C@@H]2c2cc3cccc(C(F)F)n3n2)o1. The number of halogens is 2. The molecule has 0 aromatic carbocycles. The quantitative estimate of drug-likeness (QED) is 0.536. The fraction of sp³-hybridized carbons (Fsp3) is 0.350. The maximum absolute atomic E-state index is 13.5. The maximum atomic E-state index is 13.5. The van der Waals surface area contributed by atoms with Gasteiger partial charge in [0, 0.05) is 24.6 Å². The zero-order chi connectivity index (χ0) is 21.7. The Morgan fingerprint density at radius 3 is 2.87 bits per heavy atom. The molecule has 1 atom stereocenters. The van der Waals surface area contributed by atoms with Crippen molar-refractivity contribution in [2.45, 2.75) is 38.7 Å². The first kappa shape index (κ1) is 19.3. The second-order valence-electron chi connectivity index (χ2n) is 7.67. The number of rotatable bonds is 4. The molecule has 0 radical (unpaired) electrons. The highest BCUT2D eigenvalue weighted by molar-refractivity contribution is 5.90. The predicted octanol–water partition coefficient (Wildman–Crippen LogP) is 3.29. The summed E-state index contributed by atoms with van der Waals surface area (Å²) in [5.74, 6) is -0.226. The molecular formula is C20H19F2N7O2. The van der Waals surface area contributed by atoms with Crippen molar-refractivity contribution < 1.29 is 18.0 Å². The highest BCUT2D eigenvalue weighted by Gasteiger charge is 2.38. The van der Waals surface area contributed by atoms with Crippen LogP contribution in [0.15, 0.2) is 35.0 Å². The molecule has 1 N–H and O–H groups in total. The third kappa shape index (κ3) is 3.16. The van der Waals surface area contributed by atoms with Crippen molar-refractivity contribution in [2.75, 3.05) is 6.54 Å². The van der Waals surface area contributed by atoms with Crippen LogP contribution in [0.5, 0.6) is 0 Å². The van der Waals surface area contributed by atoms with E-state index >= 15 is 0 Å². The van der Waals surface area contributed by atoms with E-state index in [1.807, 2.05) is 13.8 Å². The first-order valence-electron chi connectivity index (χ1n) is 9.87. The van der Waals surface area contributed by atoms with E-state index in [-0.39, 0.29) is 17.5 Å². The minimum absolute atomic E-state index is 0.0182. The molecule has 0 unspecified atom stereocenters. The Balaban J connectivity index is 1.60. The molecule has 5 rings (SSSR count). The first-order valence-corrected chi connectivity index (χ1v) is 9.87. The summed E-state index contributed by atoms with van der Waals surface area (Å²) in [5.41, 5.74) is 2.19. The second-order valence-corrected chi connectivity index (χ2v) is 7.67. The number of pyridine rings is 1. The minimum atomic E-state index is -2.69. The van der Waals surface area contributed by atoms with Crippen LogP contribution in [0.2, 0.25) is 0 Å². The topological polar surface area (TPSA) is 105 Å². The van der Waals surface area contributed by atoms with E-state index in [2.05, 4.69) is 25.3 Å². The summed E-state index contributed by atoms with van der Waals surface area (Å²) in [6.07, 6.45) is -0.581. The number of aromatic amines is 1. The first-order chi connectivity index (χ1) is 14.9. The third-order valence-corrected chi connectivity index (χ3v) is 5.34. The number of H-pyrrole nitrogens is 1. The standard InChI is InChI=1S/C20H19F2N7O2/c1-10(2)18-25-26-19(31-18)20(30)28-7-6-12-15(24-9-23-12)16(28)13-8-11-4-3-5-14(17(21)22)29(11)27-13/h3-5,8-10,16-17H,6-7H2,1-2H3,(H,23,24)/t16-/m0/s1. The summed E-state index contributed by atoms with van der Waals surface area (Å²) in [5, 5.41) is 12.3. The van der Waals surface area contributed by atoms with E-state index in [1.54, 1.807) is 29.4 Å². The largest absolute Gasteiger partial charge is 0.417 e. The Hall–Kier alpha value is -3.63. The van der Waals surface area contributed by atoms with Crippen LogP contribution in [0.25, 0.3) is 5.52 Å². The Morgan fingerprint density at radius 1 is 1.29 bits per heavy atom. The summed E-state index contributed by atoms with van der Waals surface area (Å²) < 4.78 is 33.7. The van der Waals surface area contributed by atoms with Gasteiger partial charge in [-0.05, 0) is 18.2 Å². The normalized spacial score (nSPS) is 16.5. The molecule has 5 heterocycles. The number of carbonyl (C=O) groups excluding carboxylic acids is 1. The van der Waals surface area contributed by atoms with Crippen LogP contribution in [-0.4, -0.2) is 47.1 Å². The molecule has 4 aromatic heterocycles. The van der Waals surface area contributed by atoms with Gasteiger partial charge in [0.1, 0.15) is 11.7 Å². The number of imidazole rings is 1. The summed E-state index contributed by atoms with van der Waals surface area (Å²) in [7, 11) is 0. The van der Waals surface area contributed by atoms with Gasteiger partial charge >= 0.3 is 11.8 Å². The number of nitrogens with one attached hydrogen (secondary N) is 1. The van der Waals surface area contributed by atoms with Gasteiger partial charge < -0.3 is 14.3 Å². The van der Waals surface area contributed by atoms with Crippen molar-refractivity contribution >= 4 is 11.4 Å². The lowest BCUT2D eigenvalue weighted by Gasteiger charge is -2.32. The fourth-order valence-electron chi connectivity index (χ4n) is 3.83. The number of nitrogens with zero attached hydrogens (tertiary/aromatic N) is 6. The van der Waals surface area contributed by atoms with Gasteiger partial charge in [0.2, 0.25) is 5.89 Å². The smallest absolute Gasteiger partial charge is 0.312 e. The summed E-state index contributed by atoms with van der Waals surface area (Å²) in [4.78, 5) is 22.3. The van der Waals surface area contributed by atoms with Gasteiger partial charge in [0.05, 0.1) is 23.2 Å². The average Bonchev–Trinajstić information content (AvgIpc) is 3.50. The molecule has 4 aromatic rings. The van der Waals surface area contributed by atoms with Crippen LogP contribution in [0, 0.1) is 0 Å². The van der Waals surface area contributed by atoms with E-state index in [0.717, 1.165) is 5.69 Å². The highest BCUT2D eigenvalue weighted by atomic mass is 19.3. The number of fused-ring (bicyclic) bond motifs is 2. The molecule has 0 saturated heterocycles. The zero-order valence-electron chi connectivity index (χ0n) is 16.8. The van der Waals surface area contributed by atoms with Crippen LogP contribution >= 0.6 is 0 Å². The van der Waals surface area contributed by atoms with Gasteiger partial charge in [-0.3, -0.25) is 4.79 Å². The van der Waals surface area contributed by atoms with Gasteiger partial charge in [-0.25, -0.2) is 18.3 Å². The number of hydrogen-bond acceptors (Lipinski definition) is 6. The summed E-state index contributed by atoms with van der Waals surface area (Å²) >= 11 is 0. The van der Waals surface area contributed by atoms with Gasteiger partial charge in [-0.1, -0.05) is 19.9 Å². The molecular weight excluding hydrogens is 408 g/mol. The fourth-order valence-corrected chi connectivity index (χ4v) is 3.83. The van der Waals surface area contributed by atoms with E-state index in [9.17, 15) is 13.6 Å². The number of amides is 1. The molecule has 31 heavy (non-hydrogen) atoms. The van der Waals surface area contributed by atoms with Gasteiger partial charge in [-0.2, -0.15) is 5.10 Å². The third-order valence-electron chi connectivity index (χ3n) is 5.34. The van der Waals surface area contributed by atoms with Gasteiger partial charge in [-0.15, -0.1) is 10.2 Å². The van der Waals surface area contributed by atoms with Gasteiger partial charge in [0.15, 0.2) is 0 Å². The molecule has 9 nitrogen and oxygen atoms in total. The molecule has 0 aliphatic carbocycles. The molecule has 0 fully saturated rings. The molecule has 1 aliphatic rings. The van der Waals surface area contributed by atoms with Crippen molar-refractivity contribution in [2.24, 2.45) is 0 Å². The summed E-state index contributed by atoms with van der Waals surface area (Å²) in [6, 6.07) is 5.58. The lowest BCUT2D eigenvalue weighted by molar-refractivity contribution is 0.0643. The molecule has 0 spiro atoms. The molecule has 0 bridgehead atoms. The van der Waals surface area contributed by atoms with Gasteiger partial charge in [0.25, 0.3) is 6.43 Å². The van der Waals surface area contributed by atoms with Crippen LogP contribution in [0.4, 0.5) is 8.78 Å². The van der Waals surface area contributed by atoms with Crippen LogP contribution < -0.4 is 0 Å². The van der Waals surface area contributed by atoms with E-state index < -0.39 is 18.4 Å². The lowest BCUT2D eigenvalue weighted by Crippen LogP contribution is -2.41. The molecule has 1 aliphatic heterocycles. The summed E-state index contributed by atoms with van der Waals surface area (Å²) in [6.45, 7) is 4.13. The highest BCUT2D eigenvalue weighted by Crippen LogP contribution is 2.35. The Labute approximate surface area is 175 Å². The van der Waals surface area contributed by atoms with E-state index in [1.165, 1.54) is 10.6 Å². The van der Waals surface area contributed by atoms with Crippen molar-refractivity contribution in [3.63, 3.8) is 0 Å². The van der Waals surface area contributed by atoms with Crippen LogP contribution in [0.1, 0.15) is 71.6 Å². The maximum Gasteiger partial charge on any atom is 0.312 e. The molecule has 1 amide bonds. The Morgan fingerprint density at radius 2 is 2.13 bits per heavy atom. The Bertz CT molecular complexity index is 1260. The monoisotopic (exact) mass is 427 g/mol. The minimum Gasteiger partial charge on any atom is -0.417 e. The van der Waals surface area contributed by atoms with Crippen molar-refractivity contribution in [3.05, 3.63) is 65.1 Å². The van der Waals surface area contributed by atoms with Crippen molar-refractivity contribution in [1.82, 2.24) is 34.7 Å². The predicted molar refractivity (Wildman–Crippen MR) is 104 cm³/mol.